The molecule has 0 aromatic heterocycles. The average molecular weight is 234 g/mol. The summed E-state index contributed by atoms with van der Waals surface area (Å²) in [5.74, 6) is 0.892. The molecule has 1 aliphatic heterocycles. The van der Waals surface area contributed by atoms with Gasteiger partial charge in [-0.25, -0.2) is 0 Å². The van der Waals surface area contributed by atoms with Gasteiger partial charge in [-0.3, -0.25) is 0 Å². The second kappa shape index (κ2) is 4.34. The van der Waals surface area contributed by atoms with Crippen LogP contribution < -0.4 is 4.74 Å². The minimum absolute atomic E-state index is 0.103. The molecular weight excluding hydrogens is 212 g/mol. The highest BCUT2D eigenvalue weighted by atomic mass is 16.5. The number of hydrogen-bond donors (Lipinski definition) is 1. The molecule has 0 saturated carbocycles. The molecule has 94 valence electrons. The van der Waals surface area contributed by atoms with Crippen molar-refractivity contribution in [1.82, 2.24) is 0 Å². The third kappa shape index (κ3) is 2.47. The third-order valence-electron chi connectivity index (χ3n) is 3.40. The van der Waals surface area contributed by atoms with Gasteiger partial charge in [0.05, 0.1) is 12.7 Å². The van der Waals surface area contributed by atoms with E-state index in [1.165, 1.54) is 5.56 Å². The molecule has 0 saturated heterocycles. The zero-order valence-corrected chi connectivity index (χ0v) is 11.2. The van der Waals surface area contributed by atoms with Gasteiger partial charge in [-0.05, 0) is 42.4 Å². The summed E-state index contributed by atoms with van der Waals surface area (Å²) < 4.78 is 5.76. The predicted octanol–water partition coefficient (Wildman–Crippen LogP) is 3.50. The number of aliphatic hydroxyl groups is 1. The van der Waals surface area contributed by atoms with Gasteiger partial charge in [0, 0.05) is 5.56 Å². The number of aliphatic hydroxyl groups excluding tert-OH is 1. The first-order valence-corrected chi connectivity index (χ1v) is 6.35. The standard InChI is InChI=1S/C15H22O2/c1-10-8-11(15(2,3)4)9-12-13(16)6-5-7-17-14(10)12/h8-9,13,16H,5-7H2,1-4H3. The maximum absolute atomic E-state index is 10.2. The van der Waals surface area contributed by atoms with Gasteiger partial charge >= 0.3 is 0 Å². The molecule has 0 aliphatic carbocycles. The van der Waals surface area contributed by atoms with Crippen molar-refractivity contribution in [1.29, 1.82) is 0 Å². The Kier molecular flexibility index (Phi) is 3.17. The Balaban J connectivity index is 2.54. The Labute approximate surface area is 104 Å². The lowest BCUT2D eigenvalue weighted by Gasteiger charge is -2.23. The summed E-state index contributed by atoms with van der Waals surface area (Å²) >= 11 is 0. The van der Waals surface area contributed by atoms with Gasteiger partial charge in [0.1, 0.15) is 5.75 Å². The Morgan fingerprint density at radius 1 is 1.29 bits per heavy atom. The molecule has 0 spiro atoms. The minimum atomic E-state index is -0.381. The summed E-state index contributed by atoms with van der Waals surface area (Å²) in [6, 6.07) is 4.29. The third-order valence-corrected chi connectivity index (χ3v) is 3.40. The van der Waals surface area contributed by atoms with E-state index in [4.69, 9.17) is 4.74 Å². The van der Waals surface area contributed by atoms with E-state index in [2.05, 4.69) is 39.8 Å². The molecular formula is C15H22O2. The molecule has 2 nitrogen and oxygen atoms in total. The van der Waals surface area contributed by atoms with E-state index in [0.29, 0.717) is 6.61 Å². The van der Waals surface area contributed by atoms with E-state index in [1.807, 2.05) is 0 Å². The molecule has 1 aliphatic rings. The van der Waals surface area contributed by atoms with Crippen molar-refractivity contribution in [3.63, 3.8) is 0 Å². The smallest absolute Gasteiger partial charge is 0.128 e. The second-order valence-electron chi connectivity index (χ2n) is 5.97. The Morgan fingerprint density at radius 3 is 2.65 bits per heavy atom. The minimum Gasteiger partial charge on any atom is -0.493 e. The quantitative estimate of drug-likeness (QED) is 0.744. The molecule has 1 heterocycles. The lowest BCUT2D eigenvalue weighted by Crippen LogP contribution is -2.13. The molecule has 1 aromatic carbocycles. The van der Waals surface area contributed by atoms with Crippen molar-refractivity contribution in [2.24, 2.45) is 0 Å². The van der Waals surface area contributed by atoms with Gasteiger partial charge in [0.2, 0.25) is 0 Å². The van der Waals surface area contributed by atoms with Gasteiger partial charge in [-0.2, -0.15) is 0 Å². The summed E-state index contributed by atoms with van der Waals surface area (Å²) in [6.45, 7) is 9.35. The maximum Gasteiger partial charge on any atom is 0.128 e. The molecule has 1 aromatic rings. The van der Waals surface area contributed by atoms with Gasteiger partial charge in [0.15, 0.2) is 0 Å². The zero-order chi connectivity index (χ0) is 12.6. The first-order chi connectivity index (χ1) is 7.89. The van der Waals surface area contributed by atoms with E-state index in [-0.39, 0.29) is 11.5 Å². The largest absolute Gasteiger partial charge is 0.493 e. The fourth-order valence-corrected chi connectivity index (χ4v) is 2.29. The number of ether oxygens (including phenoxy) is 1. The first-order valence-electron chi connectivity index (χ1n) is 6.35. The van der Waals surface area contributed by atoms with E-state index in [9.17, 15) is 5.11 Å². The highest BCUT2D eigenvalue weighted by molar-refractivity contribution is 5.47. The molecule has 1 unspecified atom stereocenters. The molecule has 17 heavy (non-hydrogen) atoms. The van der Waals surface area contributed by atoms with Gasteiger partial charge in [-0.15, -0.1) is 0 Å². The van der Waals surface area contributed by atoms with Crippen LogP contribution in [0.5, 0.6) is 5.75 Å². The van der Waals surface area contributed by atoms with Crippen LogP contribution in [0.2, 0.25) is 0 Å². The molecule has 2 rings (SSSR count). The Morgan fingerprint density at radius 2 is 2.00 bits per heavy atom. The molecule has 0 amide bonds. The number of benzene rings is 1. The van der Waals surface area contributed by atoms with Gasteiger partial charge < -0.3 is 9.84 Å². The normalized spacial score (nSPS) is 20.4. The fraction of sp³-hybridized carbons (Fsp3) is 0.600. The Bertz CT molecular complexity index is 416. The number of rotatable bonds is 0. The van der Waals surface area contributed by atoms with Gasteiger partial charge in [0.25, 0.3) is 0 Å². The van der Waals surface area contributed by atoms with Gasteiger partial charge in [-0.1, -0.05) is 26.8 Å². The molecule has 0 fully saturated rings. The summed E-state index contributed by atoms with van der Waals surface area (Å²) in [4.78, 5) is 0. The SMILES string of the molecule is Cc1cc(C(C)(C)C)cc2c1OCCCC2O. The van der Waals surface area contributed by atoms with E-state index in [1.54, 1.807) is 0 Å². The maximum atomic E-state index is 10.2. The van der Waals surface area contributed by atoms with Crippen molar-refractivity contribution in [2.45, 2.75) is 52.1 Å². The number of fused-ring (bicyclic) bond motifs is 1. The average Bonchev–Trinajstić information content (AvgIpc) is 2.40. The highest BCUT2D eigenvalue weighted by Gasteiger charge is 2.23. The second-order valence-corrected chi connectivity index (χ2v) is 5.97. The van der Waals surface area contributed by atoms with Crippen LogP contribution in [0.4, 0.5) is 0 Å². The van der Waals surface area contributed by atoms with Crippen LogP contribution in [0.1, 0.15) is 56.4 Å². The fourth-order valence-electron chi connectivity index (χ4n) is 2.29. The van der Waals surface area contributed by atoms with Crippen molar-refractivity contribution in [2.75, 3.05) is 6.61 Å². The summed E-state index contributed by atoms with van der Waals surface area (Å²) in [6.07, 6.45) is 1.33. The van der Waals surface area contributed by atoms with Crippen molar-refractivity contribution >= 4 is 0 Å². The number of hydrogen-bond acceptors (Lipinski definition) is 2. The van der Waals surface area contributed by atoms with Crippen molar-refractivity contribution in [3.8, 4) is 5.75 Å². The first kappa shape index (κ1) is 12.4. The lowest BCUT2D eigenvalue weighted by molar-refractivity contribution is 0.167. The van der Waals surface area contributed by atoms with Crippen LogP contribution in [-0.2, 0) is 5.41 Å². The van der Waals surface area contributed by atoms with Crippen molar-refractivity contribution in [3.05, 3.63) is 28.8 Å². The van der Waals surface area contributed by atoms with Crippen LogP contribution in [0.3, 0.4) is 0 Å². The molecule has 1 atom stereocenters. The molecule has 1 N–H and O–H groups in total. The summed E-state index contributed by atoms with van der Waals surface area (Å²) in [5, 5.41) is 10.2. The lowest BCUT2D eigenvalue weighted by atomic mass is 9.84. The Hall–Kier alpha value is -1.02. The van der Waals surface area contributed by atoms with E-state index < -0.39 is 0 Å². The van der Waals surface area contributed by atoms with Crippen LogP contribution in [-0.4, -0.2) is 11.7 Å². The molecule has 0 bridgehead atoms. The highest BCUT2D eigenvalue weighted by Crippen LogP contribution is 2.37. The van der Waals surface area contributed by atoms with Crippen LogP contribution >= 0.6 is 0 Å². The van der Waals surface area contributed by atoms with Crippen LogP contribution in [0.15, 0.2) is 12.1 Å². The summed E-state index contributed by atoms with van der Waals surface area (Å²) in [5.41, 5.74) is 3.46. The zero-order valence-electron chi connectivity index (χ0n) is 11.2. The van der Waals surface area contributed by atoms with Crippen LogP contribution in [0, 0.1) is 6.92 Å². The summed E-state index contributed by atoms with van der Waals surface area (Å²) in [7, 11) is 0. The number of aryl methyl sites for hydroxylation is 1. The van der Waals surface area contributed by atoms with E-state index in [0.717, 1.165) is 29.7 Å². The monoisotopic (exact) mass is 234 g/mol. The van der Waals surface area contributed by atoms with E-state index >= 15 is 0 Å². The van der Waals surface area contributed by atoms with Crippen molar-refractivity contribution < 1.29 is 9.84 Å². The molecule has 2 heteroatoms. The topological polar surface area (TPSA) is 29.5 Å². The molecule has 0 radical (unpaired) electrons. The van der Waals surface area contributed by atoms with Crippen LogP contribution in [0.25, 0.3) is 0 Å². The predicted molar refractivity (Wildman–Crippen MR) is 69.6 cm³/mol.